The highest BCUT2D eigenvalue weighted by Crippen LogP contribution is 2.39. The minimum atomic E-state index is -0.237. The Morgan fingerprint density at radius 2 is 2.27 bits per heavy atom. The van der Waals surface area contributed by atoms with E-state index in [-0.39, 0.29) is 5.91 Å². The molecule has 134 valence electrons. The number of anilines is 1. The monoisotopic (exact) mass is 366 g/mol. The first-order valence-electron chi connectivity index (χ1n) is 8.87. The zero-order valence-electron chi connectivity index (χ0n) is 15.0. The topological polar surface area (TPSA) is 62.1 Å². The zero-order valence-corrected chi connectivity index (χ0v) is 15.9. The summed E-state index contributed by atoms with van der Waals surface area (Å²) < 4.78 is 5.57. The number of carbonyl (C=O) groups is 1. The Balaban J connectivity index is 1.76. The number of nitriles is 1. The SMILES string of the molecule is CCOc1ccccc1/C=C/C(=O)Nc1sc2c(c1C#N)CCC(C)C2. The molecule has 2 aromatic rings. The number of carbonyl (C=O) groups excluding carboxylic acids is 1. The first-order valence-corrected chi connectivity index (χ1v) is 9.69. The van der Waals surface area contributed by atoms with E-state index in [1.54, 1.807) is 6.08 Å². The van der Waals surface area contributed by atoms with E-state index in [9.17, 15) is 10.1 Å². The number of amides is 1. The molecule has 0 saturated heterocycles. The normalized spacial score (nSPS) is 16.1. The van der Waals surface area contributed by atoms with Crippen molar-refractivity contribution in [1.29, 1.82) is 5.26 Å². The predicted octanol–water partition coefficient (Wildman–Crippen LogP) is 4.80. The molecule has 1 aliphatic carbocycles. The molecule has 1 atom stereocenters. The van der Waals surface area contributed by atoms with Crippen LogP contribution in [0, 0.1) is 17.2 Å². The number of fused-ring (bicyclic) bond motifs is 1. The lowest BCUT2D eigenvalue weighted by atomic mass is 9.89. The van der Waals surface area contributed by atoms with E-state index >= 15 is 0 Å². The first kappa shape index (κ1) is 18.2. The van der Waals surface area contributed by atoms with Crippen LogP contribution in [0.15, 0.2) is 30.3 Å². The molecule has 1 heterocycles. The Kier molecular flexibility index (Phi) is 5.75. The van der Waals surface area contributed by atoms with E-state index in [1.807, 2.05) is 31.2 Å². The number of nitrogens with zero attached hydrogens (tertiary/aromatic N) is 1. The molecule has 4 nitrogen and oxygen atoms in total. The lowest BCUT2D eigenvalue weighted by Gasteiger charge is -2.17. The quantitative estimate of drug-likeness (QED) is 0.774. The number of hydrogen-bond acceptors (Lipinski definition) is 4. The van der Waals surface area contributed by atoms with Crippen LogP contribution in [0.1, 0.15) is 41.8 Å². The molecule has 1 aliphatic rings. The molecule has 1 N–H and O–H groups in total. The van der Waals surface area contributed by atoms with Crippen molar-refractivity contribution in [3.8, 4) is 11.8 Å². The molecule has 1 unspecified atom stereocenters. The minimum Gasteiger partial charge on any atom is -0.493 e. The van der Waals surface area contributed by atoms with Crippen LogP contribution in [-0.4, -0.2) is 12.5 Å². The molecule has 0 radical (unpaired) electrons. The molecular weight excluding hydrogens is 344 g/mol. The Labute approximate surface area is 158 Å². The summed E-state index contributed by atoms with van der Waals surface area (Å²) in [6.07, 6.45) is 6.23. The van der Waals surface area contributed by atoms with E-state index in [1.165, 1.54) is 22.3 Å². The van der Waals surface area contributed by atoms with E-state index in [4.69, 9.17) is 4.74 Å². The standard InChI is InChI=1S/C21H22N2O2S/c1-3-25-18-7-5-4-6-15(18)9-11-20(24)23-21-17(13-22)16-10-8-14(2)12-19(16)26-21/h4-7,9,11,14H,3,8,10,12H2,1-2H3,(H,23,24)/b11-9+. The molecule has 0 spiro atoms. The molecule has 0 fully saturated rings. The smallest absolute Gasteiger partial charge is 0.249 e. The van der Waals surface area contributed by atoms with Crippen LogP contribution >= 0.6 is 11.3 Å². The van der Waals surface area contributed by atoms with Gasteiger partial charge in [0, 0.05) is 16.5 Å². The van der Waals surface area contributed by atoms with Crippen LogP contribution in [0.4, 0.5) is 5.00 Å². The number of thiophene rings is 1. The van der Waals surface area contributed by atoms with Gasteiger partial charge in [-0.05, 0) is 49.8 Å². The maximum atomic E-state index is 12.4. The van der Waals surface area contributed by atoms with E-state index < -0.39 is 0 Å². The van der Waals surface area contributed by atoms with Crippen LogP contribution in [0.2, 0.25) is 0 Å². The van der Waals surface area contributed by atoms with Gasteiger partial charge in [0.1, 0.15) is 16.8 Å². The molecule has 3 rings (SSSR count). The van der Waals surface area contributed by atoms with Crippen molar-refractivity contribution in [3.05, 3.63) is 51.9 Å². The summed E-state index contributed by atoms with van der Waals surface area (Å²) in [6, 6.07) is 9.86. The van der Waals surface area contributed by atoms with Crippen molar-refractivity contribution >= 4 is 28.3 Å². The van der Waals surface area contributed by atoms with Crippen molar-refractivity contribution in [2.45, 2.75) is 33.1 Å². The Hall–Kier alpha value is -2.58. The number of ether oxygens (including phenoxy) is 1. The van der Waals surface area contributed by atoms with Gasteiger partial charge in [0.15, 0.2) is 0 Å². The molecule has 5 heteroatoms. The van der Waals surface area contributed by atoms with Crippen LogP contribution in [0.5, 0.6) is 5.75 Å². The predicted molar refractivity (Wildman–Crippen MR) is 105 cm³/mol. The minimum absolute atomic E-state index is 0.237. The molecule has 1 aromatic heterocycles. The lowest BCUT2D eigenvalue weighted by molar-refractivity contribution is -0.111. The maximum Gasteiger partial charge on any atom is 0.249 e. The highest BCUT2D eigenvalue weighted by molar-refractivity contribution is 7.16. The van der Waals surface area contributed by atoms with Crippen molar-refractivity contribution in [2.24, 2.45) is 5.92 Å². The van der Waals surface area contributed by atoms with Crippen molar-refractivity contribution in [3.63, 3.8) is 0 Å². The molecule has 0 saturated carbocycles. The van der Waals surface area contributed by atoms with Gasteiger partial charge in [-0.25, -0.2) is 0 Å². The van der Waals surface area contributed by atoms with Gasteiger partial charge in [-0.2, -0.15) is 5.26 Å². The number of hydrogen-bond donors (Lipinski definition) is 1. The molecule has 26 heavy (non-hydrogen) atoms. The third kappa shape index (κ3) is 3.97. The van der Waals surface area contributed by atoms with E-state index in [2.05, 4.69) is 18.3 Å². The van der Waals surface area contributed by atoms with E-state index in [0.717, 1.165) is 36.1 Å². The number of rotatable bonds is 5. The van der Waals surface area contributed by atoms with Crippen molar-refractivity contribution < 1.29 is 9.53 Å². The van der Waals surface area contributed by atoms with Gasteiger partial charge in [-0.1, -0.05) is 25.1 Å². The summed E-state index contributed by atoms with van der Waals surface area (Å²) in [4.78, 5) is 13.6. The Morgan fingerprint density at radius 1 is 1.46 bits per heavy atom. The Morgan fingerprint density at radius 3 is 3.04 bits per heavy atom. The maximum absolute atomic E-state index is 12.4. The van der Waals surface area contributed by atoms with Gasteiger partial charge in [0.05, 0.1) is 12.2 Å². The van der Waals surface area contributed by atoms with Crippen LogP contribution in [0.25, 0.3) is 6.08 Å². The number of benzene rings is 1. The third-order valence-electron chi connectivity index (χ3n) is 4.49. The first-order chi connectivity index (χ1) is 12.6. The van der Waals surface area contributed by atoms with Gasteiger partial charge in [-0.15, -0.1) is 11.3 Å². The molecule has 1 amide bonds. The number of para-hydroxylation sites is 1. The fourth-order valence-electron chi connectivity index (χ4n) is 3.18. The average molecular weight is 366 g/mol. The zero-order chi connectivity index (χ0) is 18.5. The van der Waals surface area contributed by atoms with E-state index in [0.29, 0.717) is 23.1 Å². The van der Waals surface area contributed by atoms with Crippen LogP contribution in [0.3, 0.4) is 0 Å². The second kappa shape index (κ2) is 8.20. The summed E-state index contributed by atoms with van der Waals surface area (Å²) in [5.74, 6) is 1.14. The molecule has 1 aromatic carbocycles. The fourth-order valence-corrected chi connectivity index (χ4v) is 4.55. The van der Waals surface area contributed by atoms with Crippen molar-refractivity contribution in [2.75, 3.05) is 11.9 Å². The molecule has 0 bridgehead atoms. The summed E-state index contributed by atoms with van der Waals surface area (Å²) >= 11 is 1.54. The van der Waals surface area contributed by atoms with Gasteiger partial charge in [0.25, 0.3) is 0 Å². The summed E-state index contributed by atoms with van der Waals surface area (Å²) in [5, 5.41) is 13.1. The summed E-state index contributed by atoms with van der Waals surface area (Å²) in [5.41, 5.74) is 2.61. The second-order valence-electron chi connectivity index (χ2n) is 6.46. The van der Waals surface area contributed by atoms with Crippen molar-refractivity contribution in [1.82, 2.24) is 0 Å². The second-order valence-corrected chi connectivity index (χ2v) is 7.57. The molecular formula is C21H22N2O2S. The highest BCUT2D eigenvalue weighted by atomic mass is 32.1. The van der Waals surface area contributed by atoms with Gasteiger partial charge in [-0.3, -0.25) is 4.79 Å². The highest BCUT2D eigenvalue weighted by Gasteiger charge is 2.24. The number of nitrogens with one attached hydrogen (secondary N) is 1. The van der Waals surface area contributed by atoms with Crippen LogP contribution < -0.4 is 10.1 Å². The lowest BCUT2D eigenvalue weighted by Crippen LogP contribution is -2.10. The summed E-state index contributed by atoms with van der Waals surface area (Å²) in [7, 11) is 0. The third-order valence-corrected chi connectivity index (χ3v) is 5.66. The average Bonchev–Trinajstić information content (AvgIpc) is 2.97. The largest absolute Gasteiger partial charge is 0.493 e. The summed E-state index contributed by atoms with van der Waals surface area (Å²) in [6.45, 7) is 4.73. The fraction of sp³-hybridized carbons (Fsp3) is 0.333. The Bertz CT molecular complexity index is 877. The van der Waals surface area contributed by atoms with Gasteiger partial charge in [0.2, 0.25) is 5.91 Å². The van der Waals surface area contributed by atoms with Gasteiger partial charge >= 0.3 is 0 Å². The van der Waals surface area contributed by atoms with Crippen LogP contribution in [-0.2, 0) is 17.6 Å². The molecule has 0 aliphatic heterocycles. The van der Waals surface area contributed by atoms with Gasteiger partial charge < -0.3 is 10.1 Å².